The number of ether oxygens (including phenoxy) is 2. The van der Waals surface area contributed by atoms with E-state index in [2.05, 4.69) is 4.72 Å². The third kappa shape index (κ3) is 7.32. The van der Waals surface area contributed by atoms with Crippen LogP contribution in [-0.4, -0.2) is 41.0 Å². The molecule has 0 aliphatic carbocycles. The molecule has 0 spiro atoms. The smallest absolute Gasteiger partial charge is 0.214 e. The summed E-state index contributed by atoms with van der Waals surface area (Å²) in [7, 11) is -1.66. The number of hydrogen-bond acceptors (Lipinski definition) is 5. The van der Waals surface area contributed by atoms with Gasteiger partial charge in [0.15, 0.2) is 0 Å². The van der Waals surface area contributed by atoms with Crippen molar-refractivity contribution in [2.45, 2.75) is 12.8 Å². The van der Waals surface area contributed by atoms with Crippen LogP contribution >= 0.6 is 0 Å². The maximum Gasteiger partial charge on any atom is 0.214 e. The summed E-state index contributed by atoms with van der Waals surface area (Å²) in [5.74, 6) is 0.538. The zero-order valence-electron chi connectivity index (χ0n) is 11.7. The highest BCUT2D eigenvalue weighted by Gasteiger charge is 2.09. The van der Waals surface area contributed by atoms with Gasteiger partial charge in [0.05, 0.1) is 5.75 Å². The topological polar surface area (TPSA) is 90.6 Å². The first-order valence-electron chi connectivity index (χ1n) is 6.48. The number of nitrogens with two attached hydrogens (primary N) is 1. The molecule has 1 rings (SSSR count). The average Bonchev–Trinajstić information content (AvgIpc) is 2.40. The Bertz CT molecular complexity index is 474. The maximum atomic E-state index is 11.7. The fourth-order valence-corrected chi connectivity index (χ4v) is 2.41. The molecule has 0 saturated carbocycles. The SMILES string of the molecule is COCCCCNS(=O)(=O)CCOc1ccc(N)cc1. The lowest BCUT2D eigenvalue weighted by molar-refractivity contribution is 0.193. The molecule has 0 amide bonds. The van der Waals surface area contributed by atoms with Crippen LogP contribution < -0.4 is 15.2 Å². The van der Waals surface area contributed by atoms with Gasteiger partial charge in [-0.25, -0.2) is 13.1 Å². The Labute approximate surface area is 120 Å². The molecule has 3 N–H and O–H groups in total. The fourth-order valence-electron chi connectivity index (χ4n) is 1.50. The Balaban J connectivity index is 2.20. The molecule has 0 saturated heterocycles. The van der Waals surface area contributed by atoms with Gasteiger partial charge in [-0.2, -0.15) is 0 Å². The Morgan fingerprint density at radius 3 is 2.50 bits per heavy atom. The predicted octanol–water partition coefficient (Wildman–Crippen LogP) is 0.994. The number of rotatable bonds is 10. The van der Waals surface area contributed by atoms with Gasteiger partial charge in [-0.05, 0) is 37.1 Å². The van der Waals surface area contributed by atoms with Gasteiger partial charge in [-0.15, -0.1) is 0 Å². The van der Waals surface area contributed by atoms with Crippen molar-refractivity contribution in [2.75, 3.05) is 38.4 Å². The summed E-state index contributed by atoms with van der Waals surface area (Å²) in [5, 5.41) is 0. The van der Waals surface area contributed by atoms with Gasteiger partial charge < -0.3 is 15.2 Å². The van der Waals surface area contributed by atoms with Crippen molar-refractivity contribution in [3.63, 3.8) is 0 Å². The summed E-state index contributed by atoms with van der Waals surface area (Å²) in [6.45, 7) is 1.17. The highest BCUT2D eigenvalue weighted by Crippen LogP contribution is 2.12. The zero-order chi connectivity index (χ0) is 14.8. The van der Waals surface area contributed by atoms with E-state index in [1.807, 2.05) is 0 Å². The first-order valence-corrected chi connectivity index (χ1v) is 8.13. The average molecular weight is 302 g/mol. The Kier molecular flexibility index (Phi) is 7.35. The highest BCUT2D eigenvalue weighted by atomic mass is 32.2. The molecule has 114 valence electrons. The number of hydrogen-bond donors (Lipinski definition) is 2. The van der Waals surface area contributed by atoms with Crippen LogP contribution in [0.3, 0.4) is 0 Å². The monoisotopic (exact) mass is 302 g/mol. The lowest BCUT2D eigenvalue weighted by Crippen LogP contribution is -2.30. The molecule has 0 aromatic heterocycles. The number of nitrogen functional groups attached to an aromatic ring is 1. The van der Waals surface area contributed by atoms with Gasteiger partial charge in [-0.3, -0.25) is 0 Å². The van der Waals surface area contributed by atoms with Gasteiger partial charge in [0, 0.05) is 25.9 Å². The molecule has 0 unspecified atom stereocenters. The number of unbranched alkanes of at least 4 members (excludes halogenated alkanes) is 1. The second-order valence-electron chi connectivity index (χ2n) is 4.33. The van der Waals surface area contributed by atoms with Crippen molar-refractivity contribution in [1.82, 2.24) is 4.72 Å². The molecule has 7 heteroatoms. The maximum absolute atomic E-state index is 11.7. The van der Waals surface area contributed by atoms with Gasteiger partial charge >= 0.3 is 0 Å². The summed E-state index contributed by atoms with van der Waals surface area (Å²) in [6, 6.07) is 6.83. The molecule has 0 heterocycles. The Morgan fingerprint density at radius 2 is 1.85 bits per heavy atom. The predicted molar refractivity (Wildman–Crippen MR) is 79.2 cm³/mol. The van der Waals surface area contributed by atoms with Crippen molar-refractivity contribution in [3.05, 3.63) is 24.3 Å². The lowest BCUT2D eigenvalue weighted by atomic mass is 10.3. The van der Waals surface area contributed by atoms with E-state index in [0.717, 1.165) is 12.8 Å². The molecular weight excluding hydrogens is 280 g/mol. The second kappa shape index (κ2) is 8.78. The molecule has 0 aliphatic heterocycles. The minimum atomic E-state index is -3.29. The number of benzene rings is 1. The van der Waals surface area contributed by atoms with E-state index in [9.17, 15) is 8.42 Å². The van der Waals surface area contributed by atoms with Crippen LogP contribution in [0.25, 0.3) is 0 Å². The first kappa shape index (κ1) is 16.7. The van der Waals surface area contributed by atoms with E-state index in [1.165, 1.54) is 0 Å². The van der Waals surface area contributed by atoms with Crippen LogP contribution in [0.2, 0.25) is 0 Å². The second-order valence-corrected chi connectivity index (χ2v) is 6.26. The number of sulfonamides is 1. The normalized spacial score (nSPS) is 11.4. The molecule has 1 aromatic carbocycles. The molecule has 0 fully saturated rings. The number of anilines is 1. The number of methoxy groups -OCH3 is 1. The van der Waals surface area contributed by atoms with E-state index in [4.69, 9.17) is 15.2 Å². The van der Waals surface area contributed by atoms with E-state index >= 15 is 0 Å². The summed E-state index contributed by atoms with van der Waals surface area (Å²) >= 11 is 0. The van der Waals surface area contributed by atoms with Crippen LogP contribution in [0.1, 0.15) is 12.8 Å². The number of nitrogens with one attached hydrogen (secondary N) is 1. The Hall–Kier alpha value is -1.31. The molecule has 1 aromatic rings. The van der Waals surface area contributed by atoms with Gasteiger partial charge in [-0.1, -0.05) is 0 Å². The first-order chi connectivity index (χ1) is 9.53. The summed E-state index contributed by atoms with van der Waals surface area (Å²) < 4.78 is 36.1. The van der Waals surface area contributed by atoms with Crippen LogP contribution in [0.5, 0.6) is 5.75 Å². The third-order valence-electron chi connectivity index (χ3n) is 2.60. The minimum absolute atomic E-state index is 0.0678. The largest absolute Gasteiger partial charge is 0.492 e. The van der Waals surface area contributed by atoms with Crippen molar-refractivity contribution < 1.29 is 17.9 Å². The van der Waals surface area contributed by atoms with Gasteiger partial charge in [0.2, 0.25) is 10.0 Å². The Morgan fingerprint density at radius 1 is 1.15 bits per heavy atom. The van der Waals surface area contributed by atoms with Crippen LogP contribution in [0, 0.1) is 0 Å². The van der Waals surface area contributed by atoms with Crippen LogP contribution in [0.4, 0.5) is 5.69 Å². The quantitative estimate of drug-likeness (QED) is 0.497. The minimum Gasteiger partial charge on any atom is -0.492 e. The molecular formula is C13H22N2O4S. The standard InChI is InChI=1S/C13H22N2O4S/c1-18-9-3-2-8-15-20(16,17)11-10-19-13-6-4-12(14)5-7-13/h4-7,15H,2-3,8-11,14H2,1H3. The van der Waals surface area contributed by atoms with Gasteiger partial charge in [0.25, 0.3) is 0 Å². The summed E-state index contributed by atoms with van der Waals surface area (Å²) in [4.78, 5) is 0. The van der Waals surface area contributed by atoms with E-state index in [0.29, 0.717) is 24.6 Å². The van der Waals surface area contributed by atoms with Crippen molar-refractivity contribution >= 4 is 15.7 Å². The van der Waals surface area contributed by atoms with E-state index < -0.39 is 10.0 Å². The molecule has 0 bridgehead atoms. The van der Waals surface area contributed by atoms with Crippen molar-refractivity contribution in [1.29, 1.82) is 0 Å². The van der Waals surface area contributed by atoms with Gasteiger partial charge in [0.1, 0.15) is 12.4 Å². The van der Waals surface area contributed by atoms with E-state index in [1.54, 1.807) is 31.4 Å². The summed E-state index contributed by atoms with van der Waals surface area (Å²) in [6.07, 6.45) is 1.59. The molecule has 0 atom stereocenters. The third-order valence-corrected chi connectivity index (χ3v) is 3.95. The molecule has 6 nitrogen and oxygen atoms in total. The summed E-state index contributed by atoms with van der Waals surface area (Å²) in [5.41, 5.74) is 6.19. The van der Waals surface area contributed by atoms with Crippen molar-refractivity contribution in [3.8, 4) is 5.75 Å². The van der Waals surface area contributed by atoms with Crippen LogP contribution in [-0.2, 0) is 14.8 Å². The highest BCUT2D eigenvalue weighted by molar-refractivity contribution is 7.89. The molecule has 0 aliphatic rings. The van der Waals surface area contributed by atoms with Crippen molar-refractivity contribution in [2.24, 2.45) is 0 Å². The van der Waals surface area contributed by atoms with Crippen LogP contribution in [0.15, 0.2) is 24.3 Å². The molecule has 0 radical (unpaired) electrons. The zero-order valence-corrected chi connectivity index (χ0v) is 12.5. The van der Waals surface area contributed by atoms with E-state index in [-0.39, 0.29) is 12.4 Å². The fraction of sp³-hybridized carbons (Fsp3) is 0.538. The lowest BCUT2D eigenvalue weighted by Gasteiger charge is -2.08. The molecule has 20 heavy (non-hydrogen) atoms.